The minimum absolute atomic E-state index is 0.124. The van der Waals surface area contributed by atoms with Gasteiger partial charge < -0.3 is 10.6 Å². The first-order valence-electron chi connectivity index (χ1n) is 9.50. The second-order valence-electron chi connectivity index (χ2n) is 6.67. The van der Waals surface area contributed by atoms with Gasteiger partial charge in [-0.3, -0.25) is 14.9 Å². The number of nitrogens with zero attached hydrogens (tertiary/aromatic N) is 1. The molecule has 0 aliphatic carbocycles. The lowest BCUT2D eigenvalue weighted by molar-refractivity contribution is -0.384. The van der Waals surface area contributed by atoms with Gasteiger partial charge in [0.1, 0.15) is 5.69 Å². The maximum absolute atomic E-state index is 12.7. The fourth-order valence-electron chi connectivity index (χ4n) is 3.11. The molecule has 2 N–H and O–H groups in total. The molecule has 6 nitrogen and oxygen atoms in total. The second-order valence-corrected chi connectivity index (χ2v) is 6.67. The summed E-state index contributed by atoms with van der Waals surface area (Å²) < 4.78 is 0. The number of hydrogen-bond acceptors (Lipinski definition) is 4. The minimum atomic E-state index is -0.474. The van der Waals surface area contributed by atoms with Crippen molar-refractivity contribution in [1.82, 2.24) is 5.32 Å². The highest BCUT2D eigenvalue weighted by Gasteiger charge is 2.19. The van der Waals surface area contributed by atoms with Crippen LogP contribution in [0.15, 0.2) is 78.9 Å². The molecule has 3 aromatic carbocycles. The summed E-state index contributed by atoms with van der Waals surface area (Å²) in [5.41, 5.74) is 2.53. The van der Waals surface area contributed by atoms with Crippen LogP contribution in [-0.4, -0.2) is 10.8 Å². The summed E-state index contributed by atoms with van der Waals surface area (Å²) >= 11 is 0. The summed E-state index contributed by atoms with van der Waals surface area (Å²) in [7, 11) is 0. The van der Waals surface area contributed by atoms with Crippen molar-refractivity contribution in [2.45, 2.75) is 25.9 Å². The Bertz CT molecular complexity index is 975. The quantitative estimate of drug-likeness (QED) is 0.415. The van der Waals surface area contributed by atoms with Gasteiger partial charge in [0.2, 0.25) is 0 Å². The summed E-state index contributed by atoms with van der Waals surface area (Å²) in [5.74, 6) is -0.335. The maximum atomic E-state index is 12.7. The van der Waals surface area contributed by atoms with E-state index in [0.717, 1.165) is 11.1 Å². The molecule has 3 rings (SSSR count). The molecule has 1 unspecified atom stereocenters. The molecule has 1 amide bonds. The molecule has 0 bridgehead atoms. The number of nitro groups is 1. The summed E-state index contributed by atoms with van der Waals surface area (Å²) in [6, 6.07) is 23.6. The van der Waals surface area contributed by atoms with Crippen molar-refractivity contribution in [1.29, 1.82) is 0 Å². The van der Waals surface area contributed by atoms with Crippen molar-refractivity contribution in [2.75, 3.05) is 5.32 Å². The Balaban J connectivity index is 1.76. The average Bonchev–Trinajstić information content (AvgIpc) is 2.77. The van der Waals surface area contributed by atoms with E-state index in [4.69, 9.17) is 0 Å². The van der Waals surface area contributed by atoms with Crippen molar-refractivity contribution in [3.8, 4) is 0 Å². The van der Waals surface area contributed by atoms with E-state index >= 15 is 0 Å². The number of carbonyl (C=O) groups excluding carboxylic acids is 1. The number of hydrogen-bond donors (Lipinski definition) is 2. The van der Waals surface area contributed by atoms with Crippen LogP contribution in [0.1, 0.15) is 40.9 Å². The normalized spacial score (nSPS) is 11.5. The molecule has 0 aromatic heterocycles. The first kappa shape index (κ1) is 20.1. The lowest BCUT2D eigenvalue weighted by atomic mass is 10.0. The second kappa shape index (κ2) is 9.50. The third-order valence-electron chi connectivity index (χ3n) is 4.70. The number of anilines is 1. The molecule has 1 atom stereocenters. The number of nitrogens with one attached hydrogen (secondary N) is 2. The maximum Gasteiger partial charge on any atom is 0.293 e. The van der Waals surface area contributed by atoms with E-state index in [1.165, 1.54) is 6.07 Å². The number of nitro benzene ring substituents is 1. The monoisotopic (exact) mass is 389 g/mol. The number of rotatable bonds is 8. The largest absolute Gasteiger partial charge is 0.375 e. The molecule has 29 heavy (non-hydrogen) atoms. The predicted molar refractivity (Wildman–Crippen MR) is 114 cm³/mol. The minimum Gasteiger partial charge on any atom is -0.375 e. The number of amides is 1. The van der Waals surface area contributed by atoms with Crippen molar-refractivity contribution < 1.29 is 9.72 Å². The Hall–Kier alpha value is -3.67. The summed E-state index contributed by atoms with van der Waals surface area (Å²) in [5, 5.41) is 17.6. The van der Waals surface area contributed by atoms with E-state index in [9.17, 15) is 14.9 Å². The smallest absolute Gasteiger partial charge is 0.293 e. The standard InChI is InChI=1S/C23H23N3O3/c1-2-20(18-11-7-4-8-12-18)25-23(27)19-13-14-21(22(15-19)26(28)29)24-16-17-9-5-3-6-10-17/h3-15,20,24H,2,16H2,1H3,(H,25,27). The number of benzene rings is 3. The van der Waals surface area contributed by atoms with Crippen LogP contribution in [0.25, 0.3) is 0 Å². The molecule has 0 aliphatic rings. The SMILES string of the molecule is CCC(NC(=O)c1ccc(NCc2ccccc2)c([N+](=O)[O-])c1)c1ccccc1. The van der Waals surface area contributed by atoms with Gasteiger partial charge in [0.05, 0.1) is 11.0 Å². The third kappa shape index (κ3) is 5.19. The van der Waals surface area contributed by atoms with Crippen LogP contribution >= 0.6 is 0 Å². The Morgan fingerprint density at radius 2 is 1.66 bits per heavy atom. The Morgan fingerprint density at radius 3 is 2.28 bits per heavy atom. The van der Waals surface area contributed by atoms with Crippen LogP contribution in [0.5, 0.6) is 0 Å². The molecule has 0 spiro atoms. The van der Waals surface area contributed by atoms with Crippen molar-refractivity contribution in [3.05, 3.63) is 106 Å². The first-order valence-corrected chi connectivity index (χ1v) is 9.50. The first-order chi connectivity index (χ1) is 14.1. The molecule has 0 saturated carbocycles. The molecular weight excluding hydrogens is 366 g/mol. The van der Waals surface area contributed by atoms with E-state index in [0.29, 0.717) is 18.7 Å². The van der Waals surface area contributed by atoms with Crippen molar-refractivity contribution in [3.63, 3.8) is 0 Å². The van der Waals surface area contributed by atoms with E-state index in [1.54, 1.807) is 12.1 Å². The lowest BCUT2D eigenvalue weighted by Gasteiger charge is -2.17. The third-order valence-corrected chi connectivity index (χ3v) is 4.70. The highest BCUT2D eigenvalue weighted by molar-refractivity contribution is 5.96. The van der Waals surface area contributed by atoms with E-state index < -0.39 is 4.92 Å². The molecule has 6 heteroatoms. The zero-order valence-electron chi connectivity index (χ0n) is 16.2. The van der Waals surface area contributed by atoms with Gasteiger partial charge in [0, 0.05) is 18.2 Å². The highest BCUT2D eigenvalue weighted by atomic mass is 16.6. The van der Waals surface area contributed by atoms with Gasteiger partial charge in [0.15, 0.2) is 0 Å². The van der Waals surface area contributed by atoms with Gasteiger partial charge in [-0.25, -0.2) is 0 Å². The number of carbonyl (C=O) groups is 1. The van der Waals surface area contributed by atoms with E-state index in [1.807, 2.05) is 67.6 Å². The van der Waals surface area contributed by atoms with Crippen molar-refractivity contribution >= 4 is 17.3 Å². The van der Waals surface area contributed by atoms with E-state index in [-0.39, 0.29) is 23.2 Å². The van der Waals surface area contributed by atoms with Crippen LogP contribution in [0.3, 0.4) is 0 Å². The zero-order chi connectivity index (χ0) is 20.6. The van der Waals surface area contributed by atoms with Gasteiger partial charge in [0.25, 0.3) is 11.6 Å². The van der Waals surface area contributed by atoms with Crippen LogP contribution in [0.4, 0.5) is 11.4 Å². The van der Waals surface area contributed by atoms with Gasteiger partial charge >= 0.3 is 0 Å². The van der Waals surface area contributed by atoms with Crippen LogP contribution in [0, 0.1) is 10.1 Å². The molecule has 0 radical (unpaired) electrons. The van der Waals surface area contributed by atoms with Crippen LogP contribution in [0.2, 0.25) is 0 Å². The molecule has 3 aromatic rings. The molecule has 0 saturated heterocycles. The van der Waals surface area contributed by atoms with Crippen LogP contribution < -0.4 is 10.6 Å². The summed E-state index contributed by atoms with van der Waals surface area (Å²) in [4.78, 5) is 23.8. The molecule has 0 aliphatic heterocycles. The molecule has 0 fully saturated rings. The molecule has 148 valence electrons. The highest BCUT2D eigenvalue weighted by Crippen LogP contribution is 2.27. The van der Waals surface area contributed by atoms with Crippen molar-refractivity contribution in [2.24, 2.45) is 0 Å². The van der Waals surface area contributed by atoms with Gasteiger partial charge in [-0.05, 0) is 29.7 Å². The fraction of sp³-hybridized carbons (Fsp3) is 0.174. The Labute approximate surface area is 169 Å². The summed E-state index contributed by atoms with van der Waals surface area (Å²) in [6.07, 6.45) is 0.717. The Kier molecular flexibility index (Phi) is 6.58. The Morgan fingerprint density at radius 1 is 1.00 bits per heavy atom. The summed E-state index contributed by atoms with van der Waals surface area (Å²) in [6.45, 7) is 2.44. The average molecular weight is 389 g/mol. The lowest BCUT2D eigenvalue weighted by Crippen LogP contribution is -2.28. The topological polar surface area (TPSA) is 84.3 Å². The van der Waals surface area contributed by atoms with Crippen LogP contribution in [-0.2, 0) is 6.54 Å². The van der Waals surface area contributed by atoms with Gasteiger partial charge in [-0.15, -0.1) is 0 Å². The van der Waals surface area contributed by atoms with E-state index in [2.05, 4.69) is 10.6 Å². The fourth-order valence-corrected chi connectivity index (χ4v) is 3.11. The zero-order valence-corrected chi connectivity index (χ0v) is 16.2. The molecule has 0 heterocycles. The predicted octanol–water partition coefficient (Wildman–Crippen LogP) is 5.09. The van der Waals surface area contributed by atoms with Gasteiger partial charge in [-0.2, -0.15) is 0 Å². The van der Waals surface area contributed by atoms with Gasteiger partial charge in [-0.1, -0.05) is 67.6 Å². The molecular formula is C23H23N3O3.